The van der Waals surface area contributed by atoms with Crippen LogP contribution in [0.5, 0.6) is 0 Å². The number of rotatable bonds is 2. The number of carbonyl (C=O) groups is 1. The van der Waals surface area contributed by atoms with Crippen LogP contribution in [-0.2, 0) is 4.74 Å². The van der Waals surface area contributed by atoms with Gasteiger partial charge in [-0.05, 0) is 12.8 Å². The summed E-state index contributed by atoms with van der Waals surface area (Å²) in [5.41, 5.74) is 0.298. The number of nitrogens with one attached hydrogen (secondary N) is 1. The van der Waals surface area contributed by atoms with E-state index < -0.39 is 0 Å². The Kier molecular flexibility index (Phi) is 1.83. The second-order valence-electron chi connectivity index (χ2n) is 3.14. The van der Waals surface area contributed by atoms with E-state index >= 15 is 0 Å². The first-order chi connectivity index (χ1) is 4.66. The lowest BCUT2D eigenvalue weighted by Gasteiger charge is -2.07. The summed E-state index contributed by atoms with van der Waals surface area (Å²) in [7, 11) is 1.57. The summed E-state index contributed by atoms with van der Waals surface area (Å²) in [6.45, 7) is 2.68. The molecule has 3 heteroatoms. The largest absolute Gasteiger partial charge is 0.449 e. The van der Waals surface area contributed by atoms with E-state index in [0.717, 1.165) is 0 Å². The Morgan fingerprint density at radius 2 is 2.30 bits per heavy atom. The lowest BCUT2D eigenvalue weighted by molar-refractivity contribution is 0.127. The van der Waals surface area contributed by atoms with Crippen LogP contribution in [0.4, 0.5) is 4.79 Å². The van der Waals surface area contributed by atoms with Gasteiger partial charge in [0, 0.05) is 12.5 Å². The number of amides is 1. The molecule has 0 heterocycles. The second-order valence-corrected chi connectivity index (χ2v) is 3.14. The van der Waals surface area contributed by atoms with Gasteiger partial charge >= 0.3 is 6.09 Å². The Morgan fingerprint density at radius 3 is 2.70 bits per heavy atom. The molecule has 0 aromatic heterocycles. The fourth-order valence-corrected chi connectivity index (χ4v) is 0.670. The van der Waals surface area contributed by atoms with Crippen molar-refractivity contribution in [1.82, 2.24) is 5.32 Å². The summed E-state index contributed by atoms with van der Waals surface area (Å²) < 4.78 is 4.87. The van der Waals surface area contributed by atoms with Crippen LogP contribution in [0.1, 0.15) is 19.8 Å². The third kappa shape index (κ3) is 1.90. The van der Waals surface area contributed by atoms with Crippen molar-refractivity contribution in [2.75, 3.05) is 13.7 Å². The third-order valence-electron chi connectivity index (χ3n) is 1.86. The Morgan fingerprint density at radius 1 is 1.70 bits per heavy atom. The highest BCUT2D eigenvalue weighted by Gasteiger charge is 2.38. The summed E-state index contributed by atoms with van der Waals surface area (Å²) >= 11 is 0. The smallest absolute Gasteiger partial charge is 0.406 e. The minimum absolute atomic E-state index is 0.298. The Hall–Kier alpha value is -0.730. The van der Waals surface area contributed by atoms with Crippen LogP contribution >= 0.6 is 0 Å². The Labute approximate surface area is 60.7 Å². The van der Waals surface area contributed by atoms with E-state index in [1.165, 1.54) is 12.8 Å². The Bertz CT molecular complexity index is 141. The maximum Gasteiger partial charge on any atom is 0.406 e. The third-order valence-corrected chi connectivity index (χ3v) is 1.86. The van der Waals surface area contributed by atoms with Gasteiger partial charge < -0.3 is 10.1 Å². The molecule has 0 aliphatic heterocycles. The van der Waals surface area contributed by atoms with E-state index in [-0.39, 0.29) is 6.09 Å². The molecule has 0 bridgehead atoms. The maximum atomic E-state index is 10.6. The molecule has 0 aromatic rings. The Balaban J connectivity index is 2.10. The molecule has 1 rings (SSSR count). The highest BCUT2D eigenvalue weighted by Crippen LogP contribution is 2.44. The SMILES string of the molecule is CNC(=O)OCC1(C)CC1. The van der Waals surface area contributed by atoms with Crippen LogP contribution in [0.15, 0.2) is 0 Å². The van der Waals surface area contributed by atoms with Crippen molar-refractivity contribution in [2.45, 2.75) is 19.8 Å². The molecule has 3 nitrogen and oxygen atoms in total. The van der Waals surface area contributed by atoms with E-state index in [1.54, 1.807) is 7.05 Å². The van der Waals surface area contributed by atoms with E-state index in [4.69, 9.17) is 4.74 Å². The predicted molar refractivity (Wildman–Crippen MR) is 37.7 cm³/mol. The molecule has 10 heavy (non-hydrogen) atoms. The first-order valence-corrected chi connectivity index (χ1v) is 3.51. The van der Waals surface area contributed by atoms with Crippen LogP contribution in [-0.4, -0.2) is 19.7 Å². The van der Waals surface area contributed by atoms with Crippen LogP contribution in [0.3, 0.4) is 0 Å². The number of ether oxygens (including phenoxy) is 1. The molecule has 0 spiro atoms. The van der Waals surface area contributed by atoms with Crippen molar-refractivity contribution in [3.05, 3.63) is 0 Å². The van der Waals surface area contributed by atoms with Gasteiger partial charge in [0.05, 0.1) is 6.61 Å². The summed E-state index contributed by atoms with van der Waals surface area (Å²) in [5.74, 6) is 0. The average Bonchev–Trinajstić information content (AvgIpc) is 2.64. The fourth-order valence-electron chi connectivity index (χ4n) is 0.670. The lowest BCUT2D eigenvalue weighted by Crippen LogP contribution is -2.22. The predicted octanol–water partition coefficient (Wildman–Crippen LogP) is 1.14. The molecule has 0 aromatic carbocycles. The zero-order chi connectivity index (χ0) is 7.61. The molecule has 1 saturated carbocycles. The molecule has 0 atom stereocenters. The maximum absolute atomic E-state index is 10.6. The molecule has 0 radical (unpaired) electrons. The second kappa shape index (κ2) is 2.48. The number of alkyl carbamates (subject to hydrolysis) is 1. The summed E-state index contributed by atoms with van der Waals surface area (Å²) in [6, 6.07) is 0. The summed E-state index contributed by atoms with van der Waals surface area (Å²) in [4.78, 5) is 10.6. The first-order valence-electron chi connectivity index (χ1n) is 3.51. The monoisotopic (exact) mass is 143 g/mol. The van der Waals surface area contributed by atoms with Gasteiger partial charge in [-0.1, -0.05) is 6.92 Å². The first kappa shape index (κ1) is 7.38. The van der Waals surface area contributed by atoms with Gasteiger partial charge in [0.15, 0.2) is 0 Å². The van der Waals surface area contributed by atoms with Crippen LogP contribution in [0.25, 0.3) is 0 Å². The van der Waals surface area contributed by atoms with Gasteiger partial charge in [0.25, 0.3) is 0 Å². The van der Waals surface area contributed by atoms with Crippen molar-refractivity contribution >= 4 is 6.09 Å². The quantitative estimate of drug-likeness (QED) is 0.629. The topological polar surface area (TPSA) is 38.3 Å². The molecular weight excluding hydrogens is 130 g/mol. The van der Waals surface area contributed by atoms with E-state index in [9.17, 15) is 4.79 Å². The number of hydrogen-bond donors (Lipinski definition) is 1. The van der Waals surface area contributed by atoms with Gasteiger partial charge in [0.2, 0.25) is 0 Å². The van der Waals surface area contributed by atoms with E-state index in [0.29, 0.717) is 12.0 Å². The van der Waals surface area contributed by atoms with Crippen LogP contribution in [0, 0.1) is 5.41 Å². The summed E-state index contributed by atoms with van der Waals surface area (Å²) in [6.07, 6.45) is 2.04. The van der Waals surface area contributed by atoms with Gasteiger partial charge in [-0.15, -0.1) is 0 Å². The minimum Gasteiger partial charge on any atom is -0.449 e. The van der Waals surface area contributed by atoms with Crippen molar-refractivity contribution in [1.29, 1.82) is 0 Å². The van der Waals surface area contributed by atoms with Gasteiger partial charge in [-0.2, -0.15) is 0 Å². The van der Waals surface area contributed by atoms with Gasteiger partial charge in [-0.25, -0.2) is 4.79 Å². The van der Waals surface area contributed by atoms with Gasteiger partial charge in [-0.3, -0.25) is 0 Å². The molecule has 1 fully saturated rings. The van der Waals surface area contributed by atoms with E-state index in [2.05, 4.69) is 12.2 Å². The molecule has 1 amide bonds. The fraction of sp³-hybridized carbons (Fsp3) is 0.857. The van der Waals surface area contributed by atoms with Crippen molar-refractivity contribution in [2.24, 2.45) is 5.41 Å². The molecule has 58 valence electrons. The van der Waals surface area contributed by atoms with Crippen molar-refractivity contribution < 1.29 is 9.53 Å². The van der Waals surface area contributed by atoms with Crippen molar-refractivity contribution in [3.63, 3.8) is 0 Å². The highest BCUT2D eigenvalue weighted by molar-refractivity contribution is 5.66. The minimum atomic E-state index is -0.326. The number of carbonyl (C=O) groups excluding carboxylic acids is 1. The summed E-state index contributed by atoms with van der Waals surface area (Å²) in [5, 5.41) is 2.40. The molecular formula is C7H13NO2. The molecule has 1 N–H and O–H groups in total. The van der Waals surface area contributed by atoms with Gasteiger partial charge in [0.1, 0.15) is 0 Å². The van der Waals surface area contributed by atoms with Crippen LogP contribution in [0.2, 0.25) is 0 Å². The zero-order valence-corrected chi connectivity index (χ0v) is 6.44. The molecule has 1 aliphatic rings. The van der Waals surface area contributed by atoms with E-state index in [1.807, 2.05) is 0 Å². The highest BCUT2D eigenvalue weighted by atomic mass is 16.5. The molecule has 1 aliphatic carbocycles. The van der Waals surface area contributed by atoms with Crippen molar-refractivity contribution in [3.8, 4) is 0 Å². The average molecular weight is 143 g/mol. The molecule has 0 saturated heterocycles. The zero-order valence-electron chi connectivity index (χ0n) is 6.44. The lowest BCUT2D eigenvalue weighted by atomic mass is 10.2. The standard InChI is InChI=1S/C7H13NO2/c1-7(3-4-7)5-10-6(9)8-2/h3-5H2,1-2H3,(H,8,9). The normalized spacial score (nSPS) is 19.8. The number of hydrogen-bond acceptors (Lipinski definition) is 2. The molecule has 0 unspecified atom stereocenters. The van der Waals surface area contributed by atoms with Crippen LogP contribution < -0.4 is 5.32 Å².